The minimum Gasteiger partial charge on any atom is -0.381 e. The lowest BCUT2D eigenvalue weighted by Gasteiger charge is -2.44. The van der Waals surface area contributed by atoms with Crippen LogP contribution in [0.15, 0.2) is 11.6 Å². The predicted molar refractivity (Wildman–Crippen MR) is 63.9 cm³/mol. The van der Waals surface area contributed by atoms with Crippen molar-refractivity contribution in [1.29, 1.82) is 0 Å². The van der Waals surface area contributed by atoms with Gasteiger partial charge >= 0.3 is 0 Å². The van der Waals surface area contributed by atoms with Crippen LogP contribution in [-0.2, 0) is 4.74 Å². The molecule has 0 heterocycles. The molecule has 3 atom stereocenters. The first kappa shape index (κ1) is 11.2. The highest BCUT2D eigenvalue weighted by atomic mass is 16.5. The first-order chi connectivity index (χ1) is 7.23. The van der Waals surface area contributed by atoms with Crippen LogP contribution >= 0.6 is 0 Å². The van der Waals surface area contributed by atoms with E-state index in [0.717, 1.165) is 5.92 Å². The van der Waals surface area contributed by atoms with Gasteiger partial charge in [-0.1, -0.05) is 31.4 Å². The van der Waals surface area contributed by atoms with E-state index in [-0.39, 0.29) is 0 Å². The molecule has 0 aliphatic heterocycles. The van der Waals surface area contributed by atoms with Gasteiger partial charge in [0.1, 0.15) is 0 Å². The van der Waals surface area contributed by atoms with Gasteiger partial charge in [0.2, 0.25) is 0 Å². The summed E-state index contributed by atoms with van der Waals surface area (Å²) in [6.07, 6.45) is 10.9. The van der Waals surface area contributed by atoms with Crippen molar-refractivity contribution in [2.45, 2.75) is 58.5 Å². The van der Waals surface area contributed by atoms with Crippen molar-refractivity contribution in [1.82, 2.24) is 0 Å². The molecule has 2 aliphatic rings. The van der Waals surface area contributed by atoms with E-state index in [1.165, 1.54) is 38.5 Å². The Bertz CT molecular complexity index is 256. The highest BCUT2D eigenvalue weighted by molar-refractivity contribution is 5.13. The second kappa shape index (κ2) is 4.29. The van der Waals surface area contributed by atoms with Crippen molar-refractivity contribution in [2.24, 2.45) is 11.3 Å². The van der Waals surface area contributed by atoms with Gasteiger partial charge in [-0.3, -0.25) is 0 Å². The number of methoxy groups -OCH3 is 1. The average molecular weight is 208 g/mol. The molecule has 0 N–H and O–H groups in total. The Morgan fingerprint density at radius 2 is 2.33 bits per heavy atom. The van der Waals surface area contributed by atoms with E-state index in [1.807, 2.05) is 7.11 Å². The topological polar surface area (TPSA) is 9.23 Å². The molecule has 86 valence electrons. The lowest BCUT2D eigenvalue weighted by atomic mass is 9.64. The van der Waals surface area contributed by atoms with Crippen LogP contribution in [0.25, 0.3) is 0 Å². The number of hydrogen-bond donors (Lipinski definition) is 0. The molecule has 0 bridgehead atoms. The van der Waals surface area contributed by atoms with Crippen molar-refractivity contribution in [2.75, 3.05) is 7.11 Å². The maximum atomic E-state index is 5.74. The van der Waals surface area contributed by atoms with Gasteiger partial charge in [0.25, 0.3) is 0 Å². The smallest absolute Gasteiger partial charge is 0.0633 e. The van der Waals surface area contributed by atoms with E-state index in [1.54, 1.807) is 5.57 Å². The second-order valence-corrected chi connectivity index (χ2v) is 5.41. The molecule has 2 aliphatic carbocycles. The summed E-state index contributed by atoms with van der Waals surface area (Å²) in [7, 11) is 1.90. The molecule has 1 heteroatoms. The van der Waals surface area contributed by atoms with Gasteiger partial charge in [0.15, 0.2) is 0 Å². The normalized spacial score (nSPS) is 40.9. The molecule has 0 amide bonds. The maximum Gasteiger partial charge on any atom is 0.0633 e. The molecule has 0 radical (unpaired) electrons. The van der Waals surface area contributed by atoms with Crippen LogP contribution in [0.3, 0.4) is 0 Å². The summed E-state index contributed by atoms with van der Waals surface area (Å²) in [5.74, 6) is 0.856. The van der Waals surface area contributed by atoms with Gasteiger partial charge in [-0.2, -0.15) is 0 Å². The molecule has 1 saturated carbocycles. The van der Waals surface area contributed by atoms with Gasteiger partial charge in [-0.05, 0) is 38.5 Å². The predicted octanol–water partition coefficient (Wildman–Crippen LogP) is 3.94. The van der Waals surface area contributed by atoms with Gasteiger partial charge in [-0.25, -0.2) is 0 Å². The van der Waals surface area contributed by atoms with Gasteiger partial charge in [0, 0.05) is 12.5 Å². The number of rotatable bonds is 2. The third-order valence-corrected chi connectivity index (χ3v) is 4.74. The molecule has 0 saturated heterocycles. The molecule has 0 aromatic heterocycles. The molecule has 2 rings (SSSR count). The summed E-state index contributed by atoms with van der Waals surface area (Å²) in [6, 6.07) is 0. The van der Waals surface area contributed by atoms with E-state index in [4.69, 9.17) is 4.74 Å². The lowest BCUT2D eigenvalue weighted by Crippen LogP contribution is -2.40. The van der Waals surface area contributed by atoms with Crippen LogP contribution in [0.4, 0.5) is 0 Å². The Hall–Kier alpha value is -0.300. The molecule has 1 spiro atoms. The first-order valence-corrected chi connectivity index (χ1v) is 6.41. The average Bonchev–Trinajstić information content (AvgIpc) is 2.66. The Morgan fingerprint density at radius 1 is 1.53 bits per heavy atom. The van der Waals surface area contributed by atoms with Gasteiger partial charge < -0.3 is 4.74 Å². The summed E-state index contributed by atoms with van der Waals surface area (Å²) in [5.41, 5.74) is 2.08. The van der Waals surface area contributed by atoms with Crippen molar-refractivity contribution < 1.29 is 4.74 Å². The highest BCUT2D eigenvalue weighted by Gasteiger charge is 2.48. The molecule has 1 fully saturated rings. The fourth-order valence-corrected chi connectivity index (χ4v) is 3.88. The van der Waals surface area contributed by atoms with Crippen LogP contribution in [0, 0.1) is 11.3 Å². The van der Waals surface area contributed by atoms with E-state index < -0.39 is 0 Å². The van der Waals surface area contributed by atoms with Crippen molar-refractivity contribution in [3.63, 3.8) is 0 Å². The lowest BCUT2D eigenvalue weighted by molar-refractivity contribution is -0.0299. The molecule has 1 nitrogen and oxygen atoms in total. The monoisotopic (exact) mass is 208 g/mol. The minimum absolute atomic E-state index is 0.489. The number of ether oxygens (including phenoxy) is 1. The highest BCUT2D eigenvalue weighted by Crippen LogP contribution is 2.54. The van der Waals surface area contributed by atoms with E-state index >= 15 is 0 Å². The minimum atomic E-state index is 0.489. The molecule has 0 aromatic carbocycles. The molecule has 0 aromatic rings. The molecular formula is C14H24O. The SMILES string of the molecule is CCC1CC(C)=CCC12CCCC2OC. The number of allylic oxidation sites excluding steroid dienone is 2. The van der Waals surface area contributed by atoms with E-state index in [2.05, 4.69) is 19.9 Å². The summed E-state index contributed by atoms with van der Waals surface area (Å²) < 4.78 is 5.74. The fraction of sp³-hybridized carbons (Fsp3) is 0.857. The van der Waals surface area contributed by atoms with Gasteiger partial charge in [0.05, 0.1) is 6.10 Å². The first-order valence-electron chi connectivity index (χ1n) is 6.41. The Balaban J connectivity index is 2.24. The van der Waals surface area contributed by atoms with E-state index in [0.29, 0.717) is 11.5 Å². The van der Waals surface area contributed by atoms with Crippen LogP contribution in [0.1, 0.15) is 52.4 Å². The third-order valence-electron chi connectivity index (χ3n) is 4.74. The molecule has 3 unspecified atom stereocenters. The van der Waals surface area contributed by atoms with Crippen LogP contribution in [-0.4, -0.2) is 13.2 Å². The van der Waals surface area contributed by atoms with Crippen LogP contribution in [0.5, 0.6) is 0 Å². The second-order valence-electron chi connectivity index (χ2n) is 5.41. The fourth-order valence-electron chi connectivity index (χ4n) is 3.88. The Kier molecular flexibility index (Phi) is 3.20. The van der Waals surface area contributed by atoms with Crippen molar-refractivity contribution >= 4 is 0 Å². The summed E-state index contributed by atoms with van der Waals surface area (Å²) in [5, 5.41) is 0. The quantitative estimate of drug-likeness (QED) is 0.625. The number of hydrogen-bond acceptors (Lipinski definition) is 1. The summed E-state index contributed by atoms with van der Waals surface area (Å²) in [6.45, 7) is 4.63. The van der Waals surface area contributed by atoms with Crippen LogP contribution in [0.2, 0.25) is 0 Å². The standard InChI is InChI=1S/C14H24O/c1-4-12-10-11(2)7-9-14(12)8-5-6-13(14)15-3/h7,12-13H,4-6,8-10H2,1-3H3. The van der Waals surface area contributed by atoms with Crippen LogP contribution < -0.4 is 0 Å². The zero-order valence-corrected chi connectivity index (χ0v) is 10.4. The zero-order valence-electron chi connectivity index (χ0n) is 10.4. The maximum absolute atomic E-state index is 5.74. The Labute approximate surface area is 93.9 Å². The van der Waals surface area contributed by atoms with Crippen molar-refractivity contribution in [3.05, 3.63) is 11.6 Å². The largest absolute Gasteiger partial charge is 0.381 e. The van der Waals surface area contributed by atoms with Crippen molar-refractivity contribution in [3.8, 4) is 0 Å². The van der Waals surface area contributed by atoms with E-state index in [9.17, 15) is 0 Å². The van der Waals surface area contributed by atoms with Gasteiger partial charge in [-0.15, -0.1) is 0 Å². The summed E-state index contributed by atoms with van der Waals surface area (Å²) in [4.78, 5) is 0. The summed E-state index contributed by atoms with van der Waals surface area (Å²) >= 11 is 0. The molecule has 15 heavy (non-hydrogen) atoms. The Morgan fingerprint density at radius 3 is 3.00 bits per heavy atom. The third kappa shape index (κ3) is 1.75. The molecular weight excluding hydrogens is 184 g/mol. The zero-order chi connectivity index (χ0) is 10.9.